The van der Waals surface area contributed by atoms with Crippen molar-refractivity contribution in [1.82, 2.24) is 4.98 Å². The molecule has 2 N–H and O–H groups in total. The number of amides is 1. The Morgan fingerprint density at radius 3 is 2.80 bits per heavy atom. The quantitative estimate of drug-likeness (QED) is 0.881. The van der Waals surface area contributed by atoms with E-state index >= 15 is 0 Å². The van der Waals surface area contributed by atoms with Crippen LogP contribution in [0.2, 0.25) is 0 Å². The molecule has 0 aliphatic carbocycles. The van der Waals surface area contributed by atoms with Gasteiger partial charge in [0.15, 0.2) is 10.7 Å². The van der Waals surface area contributed by atoms with Gasteiger partial charge in [-0.3, -0.25) is 4.79 Å². The molecule has 1 aromatic heterocycles. The second kappa shape index (κ2) is 6.15. The van der Waals surface area contributed by atoms with Crippen molar-refractivity contribution < 1.29 is 14.7 Å². The molecular weight excluding hydrogens is 344 g/mol. The van der Waals surface area contributed by atoms with E-state index in [4.69, 9.17) is 5.11 Å². The van der Waals surface area contributed by atoms with Crippen LogP contribution < -0.4 is 5.32 Å². The molecule has 1 amide bonds. The Hall–Kier alpha value is -1.73. The summed E-state index contributed by atoms with van der Waals surface area (Å²) in [6, 6.07) is 5.56. The molecule has 0 fully saturated rings. The maximum Gasteiger partial charge on any atom is 0.355 e. The number of carbonyl (C=O) groups excluding carboxylic acids is 1. The highest BCUT2D eigenvalue weighted by atomic mass is 79.9. The molecule has 0 aliphatic rings. The number of carboxylic acid groups (broad SMARTS) is 1. The Morgan fingerprint density at radius 2 is 2.20 bits per heavy atom. The van der Waals surface area contributed by atoms with Crippen molar-refractivity contribution >= 4 is 44.8 Å². The molecule has 0 saturated heterocycles. The number of nitrogens with one attached hydrogen (secondary N) is 1. The average molecular weight is 355 g/mol. The predicted molar refractivity (Wildman–Crippen MR) is 80.5 cm³/mol. The van der Waals surface area contributed by atoms with Gasteiger partial charge in [0.05, 0.1) is 0 Å². The van der Waals surface area contributed by atoms with E-state index in [0.717, 1.165) is 27.8 Å². The predicted octanol–water partition coefficient (Wildman–Crippen LogP) is 3.42. The first-order chi connectivity index (χ1) is 9.51. The first-order valence-corrected chi connectivity index (χ1v) is 7.47. The Morgan fingerprint density at radius 1 is 1.45 bits per heavy atom. The summed E-state index contributed by atoms with van der Waals surface area (Å²) in [6.07, 6.45) is 0.771. The zero-order valence-electron chi connectivity index (χ0n) is 10.5. The molecule has 0 aliphatic heterocycles. The molecule has 7 heteroatoms. The third-order valence-electron chi connectivity index (χ3n) is 2.61. The fourth-order valence-corrected chi connectivity index (χ4v) is 2.72. The van der Waals surface area contributed by atoms with Gasteiger partial charge in [-0.15, -0.1) is 11.3 Å². The number of nitrogens with zero attached hydrogens (tertiary/aromatic N) is 1. The van der Waals surface area contributed by atoms with Crippen molar-refractivity contribution in [3.05, 3.63) is 44.3 Å². The van der Waals surface area contributed by atoms with E-state index in [9.17, 15) is 9.59 Å². The molecular formula is C13H11BrN2O3S. The Labute approximate surface area is 127 Å². The van der Waals surface area contributed by atoms with E-state index in [1.807, 2.05) is 19.1 Å². The molecule has 104 valence electrons. The van der Waals surface area contributed by atoms with Gasteiger partial charge >= 0.3 is 5.97 Å². The third kappa shape index (κ3) is 3.23. The zero-order chi connectivity index (χ0) is 14.7. The summed E-state index contributed by atoms with van der Waals surface area (Å²) in [5, 5.41) is 13.0. The van der Waals surface area contributed by atoms with Gasteiger partial charge in [0.1, 0.15) is 0 Å². The van der Waals surface area contributed by atoms with Gasteiger partial charge in [-0.1, -0.05) is 22.9 Å². The van der Waals surface area contributed by atoms with E-state index in [2.05, 4.69) is 26.2 Å². The monoisotopic (exact) mass is 354 g/mol. The summed E-state index contributed by atoms with van der Waals surface area (Å²) < 4.78 is 0.940. The van der Waals surface area contributed by atoms with Gasteiger partial charge < -0.3 is 10.4 Å². The van der Waals surface area contributed by atoms with Crippen molar-refractivity contribution in [3.8, 4) is 0 Å². The van der Waals surface area contributed by atoms with Crippen LogP contribution in [-0.4, -0.2) is 22.0 Å². The van der Waals surface area contributed by atoms with Gasteiger partial charge in [-0.05, 0) is 30.2 Å². The number of rotatable bonds is 4. The van der Waals surface area contributed by atoms with Crippen LogP contribution in [0.15, 0.2) is 28.1 Å². The number of hydrogen-bond acceptors (Lipinski definition) is 4. The minimum Gasteiger partial charge on any atom is -0.476 e. The smallest absolute Gasteiger partial charge is 0.355 e. The number of aromatic carboxylic acids is 1. The van der Waals surface area contributed by atoms with Crippen molar-refractivity contribution in [3.63, 3.8) is 0 Å². The minimum absolute atomic E-state index is 0.119. The second-order valence-corrected chi connectivity index (χ2v) is 5.73. The SMILES string of the molecule is CCc1cc(Br)ccc1NC(=O)c1nc(C(=O)O)cs1. The number of aromatic nitrogens is 1. The van der Waals surface area contributed by atoms with E-state index in [-0.39, 0.29) is 10.7 Å². The number of aryl methyl sites for hydroxylation is 1. The molecule has 20 heavy (non-hydrogen) atoms. The molecule has 2 rings (SSSR count). The topological polar surface area (TPSA) is 79.3 Å². The highest BCUT2D eigenvalue weighted by Gasteiger charge is 2.15. The normalized spacial score (nSPS) is 10.3. The van der Waals surface area contributed by atoms with Gasteiger partial charge in [0.2, 0.25) is 0 Å². The maximum absolute atomic E-state index is 12.0. The summed E-state index contributed by atoms with van der Waals surface area (Å²) in [5.74, 6) is -1.54. The van der Waals surface area contributed by atoms with Gasteiger partial charge in [0, 0.05) is 15.5 Å². The number of carbonyl (C=O) groups is 2. The van der Waals surface area contributed by atoms with Crippen LogP contribution in [-0.2, 0) is 6.42 Å². The fraction of sp³-hybridized carbons (Fsp3) is 0.154. The highest BCUT2D eigenvalue weighted by molar-refractivity contribution is 9.10. The summed E-state index contributed by atoms with van der Waals surface area (Å²) in [7, 11) is 0. The molecule has 0 atom stereocenters. The Balaban J connectivity index is 2.20. The zero-order valence-corrected chi connectivity index (χ0v) is 12.9. The fourth-order valence-electron chi connectivity index (χ4n) is 1.63. The van der Waals surface area contributed by atoms with Crippen LogP contribution in [0.1, 0.15) is 32.8 Å². The lowest BCUT2D eigenvalue weighted by Gasteiger charge is -2.09. The van der Waals surface area contributed by atoms with Crippen molar-refractivity contribution in [2.45, 2.75) is 13.3 Å². The summed E-state index contributed by atoms with van der Waals surface area (Å²) in [4.78, 5) is 26.6. The number of carboxylic acids is 1. The van der Waals surface area contributed by atoms with Crippen LogP contribution >= 0.6 is 27.3 Å². The summed E-state index contributed by atoms with van der Waals surface area (Å²) in [5.41, 5.74) is 1.57. The first kappa shape index (κ1) is 14.7. The lowest BCUT2D eigenvalue weighted by atomic mass is 10.1. The third-order valence-corrected chi connectivity index (χ3v) is 3.95. The average Bonchev–Trinajstić information content (AvgIpc) is 2.90. The van der Waals surface area contributed by atoms with E-state index < -0.39 is 11.9 Å². The molecule has 1 aromatic carbocycles. The lowest BCUT2D eigenvalue weighted by Crippen LogP contribution is -2.13. The number of thiazole rings is 1. The largest absolute Gasteiger partial charge is 0.476 e. The molecule has 0 unspecified atom stereocenters. The Kier molecular flexibility index (Phi) is 4.51. The van der Waals surface area contributed by atoms with E-state index in [0.29, 0.717) is 5.69 Å². The van der Waals surface area contributed by atoms with Gasteiger partial charge in [-0.25, -0.2) is 9.78 Å². The van der Waals surface area contributed by atoms with Crippen LogP contribution in [0.4, 0.5) is 5.69 Å². The van der Waals surface area contributed by atoms with Gasteiger partial charge in [-0.2, -0.15) is 0 Å². The number of benzene rings is 1. The summed E-state index contributed by atoms with van der Waals surface area (Å²) >= 11 is 4.39. The molecule has 0 radical (unpaired) electrons. The van der Waals surface area contributed by atoms with E-state index in [1.54, 1.807) is 6.07 Å². The van der Waals surface area contributed by atoms with Crippen LogP contribution in [0.25, 0.3) is 0 Å². The van der Waals surface area contributed by atoms with Crippen LogP contribution in [0.3, 0.4) is 0 Å². The molecule has 2 aromatic rings. The maximum atomic E-state index is 12.0. The van der Waals surface area contributed by atoms with Crippen LogP contribution in [0.5, 0.6) is 0 Å². The molecule has 0 saturated carbocycles. The highest BCUT2D eigenvalue weighted by Crippen LogP contribution is 2.22. The summed E-state index contributed by atoms with van der Waals surface area (Å²) in [6.45, 7) is 1.99. The van der Waals surface area contributed by atoms with Crippen molar-refractivity contribution in [2.75, 3.05) is 5.32 Å². The Bertz CT molecular complexity index is 669. The second-order valence-electron chi connectivity index (χ2n) is 3.95. The molecule has 0 spiro atoms. The minimum atomic E-state index is -1.14. The standard InChI is InChI=1S/C13H11BrN2O3S/c1-2-7-5-8(14)3-4-9(7)15-11(17)12-16-10(6-20-12)13(18)19/h3-6H,2H2,1H3,(H,15,17)(H,18,19). The van der Waals surface area contributed by atoms with Gasteiger partial charge in [0.25, 0.3) is 5.91 Å². The molecule has 5 nitrogen and oxygen atoms in total. The van der Waals surface area contributed by atoms with Crippen molar-refractivity contribution in [2.24, 2.45) is 0 Å². The first-order valence-electron chi connectivity index (χ1n) is 5.80. The van der Waals surface area contributed by atoms with Crippen molar-refractivity contribution in [1.29, 1.82) is 0 Å². The number of hydrogen-bond donors (Lipinski definition) is 2. The molecule has 0 bridgehead atoms. The number of anilines is 1. The van der Waals surface area contributed by atoms with E-state index in [1.165, 1.54) is 5.38 Å². The van der Waals surface area contributed by atoms with Crippen LogP contribution in [0, 0.1) is 0 Å². The lowest BCUT2D eigenvalue weighted by molar-refractivity contribution is 0.0691. The number of halogens is 1. The molecule has 1 heterocycles.